The number of rotatable bonds is 3. The molecule has 0 aliphatic carbocycles. The maximum Gasteiger partial charge on any atom is 0.220 e. The van der Waals surface area contributed by atoms with Crippen LogP contribution in [0.3, 0.4) is 0 Å². The third-order valence-corrected chi connectivity index (χ3v) is 6.42. The molecule has 0 saturated heterocycles. The highest BCUT2D eigenvalue weighted by Gasteiger charge is 2.11. The van der Waals surface area contributed by atoms with E-state index in [0.29, 0.717) is 10.0 Å². The SMILES string of the molecule is Nc1ncc2cc(-c3cccc4c3ccn4Sc3cc(Cl)ccc3Cl)ccc2n1. The summed E-state index contributed by atoms with van der Waals surface area (Å²) < 4.78 is 2.10. The number of halogens is 2. The van der Waals surface area contributed by atoms with Crippen molar-refractivity contribution in [3.63, 3.8) is 0 Å². The lowest BCUT2D eigenvalue weighted by atomic mass is 10.0. The van der Waals surface area contributed by atoms with Gasteiger partial charge in [-0.3, -0.25) is 3.97 Å². The molecule has 4 nitrogen and oxygen atoms in total. The number of hydrogen-bond donors (Lipinski definition) is 1. The Morgan fingerprint density at radius 3 is 2.76 bits per heavy atom. The lowest BCUT2D eigenvalue weighted by Gasteiger charge is -2.09. The van der Waals surface area contributed by atoms with Gasteiger partial charge in [-0.15, -0.1) is 0 Å². The van der Waals surface area contributed by atoms with E-state index in [9.17, 15) is 0 Å². The fourth-order valence-corrected chi connectivity index (χ4v) is 4.73. The molecular formula is C22H14Cl2N4S. The minimum absolute atomic E-state index is 0.279. The van der Waals surface area contributed by atoms with E-state index in [1.54, 1.807) is 12.3 Å². The van der Waals surface area contributed by atoms with E-state index in [1.807, 2.05) is 24.4 Å². The zero-order chi connectivity index (χ0) is 20.0. The van der Waals surface area contributed by atoms with Crippen LogP contribution in [-0.4, -0.2) is 13.9 Å². The van der Waals surface area contributed by atoms with E-state index in [-0.39, 0.29) is 5.95 Å². The average molecular weight is 437 g/mol. The molecule has 7 heteroatoms. The number of fused-ring (bicyclic) bond motifs is 2. The fraction of sp³-hybridized carbons (Fsp3) is 0. The molecule has 2 aromatic heterocycles. The second-order valence-corrected chi connectivity index (χ2v) is 8.41. The Balaban J connectivity index is 1.60. The third-order valence-electron chi connectivity index (χ3n) is 4.70. The molecular weight excluding hydrogens is 423 g/mol. The van der Waals surface area contributed by atoms with Gasteiger partial charge in [0.05, 0.1) is 16.1 Å². The zero-order valence-electron chi connectivity index (χ0n) is 15.0. The molecule has 5 rings (SSSR count). The van der Waals surface area contributed by atoms with Gasteiger partial charge in [0, 0.05) is 33.1 Å². The number of aromatic nitrogens is 3. The molecule has 0 unspecified atom stereocenters. The quantitative estimate of drug-likeness (QED) is 0.341. The minimum atomic E-state index is 0.279. The largest absolute Gasteiger partial charge is 0.368 e. The van der Waals surface area contributed by atoms with Gasteiger partial charge < -0.3 is 5.73 Å². The molecule has 0 saturated carbocycles. The molecule has 0 aliphatic heterocycles. The van der Waals surface area contributed by atoms with Crippen LogP contribution in [0.4, 0.5) is 5.95 Å². The monoisotopic (exact) mass is 436 g/mol. The van der Waals surface area contributed by atoms with Crippen LogP contribution in [0.2, 0.25) is 10.0 Å². The summed E-state index contributed by atoms with van der Waals surface area (Å²) in [6.45, 7) is 0. The van der Waals surface area contributed by atoms with Crippen molar-refractivity contribution in [3.8, 4) is 11.1 Å². The van der Waals surface area contributed by atoms with Crippen molar-refractivity contribution >= 4 is 62.9 Å². The molecule has 0 spiro atoms. The van der Waals surface area contributed by atoms with Crippen molar-refractivity contribution in [2.24, 2.45) is 0 Å². The van der Waals surface area contributed by atoms with Crippen molar-refractivity contribution < 1.29 is 0 Å². The fourth-order valence-electron chi connectivity index (χ4n) is 3.34. The molecule has 0 fully saturated rings. The molecule has 0 radical (unpaired) electrons. The van der Waals surface area contributed by atoms with Crippen molar-refractivity contribution in [2.45, 2.75) is 4.90 Å². The summed E-state index contributed by atoms with van der Waals surface area (Å²) in [5, 5.41) is 3.43. The second-order valence-electron chi connectivity index (χ2n) is 6.55. The highest BCUT2D eigenvalue weighted by Crippen LogP contribution is 2.36. The van der Waals surface area contributed by atoms with Gasteiger partial charge in [0.1, 0.15) is 0 Å². The summed E-state index contributed by atoms with van der Waals surface area (Å²) >= 11 is 14.0. The van der Waals surface area contributed by atoms with Gasteiger partial charge in [0.25, 0.3) is 0 Å². The van der Waals surface area contributed by atoms with Crippen molar-refractivity contribution in [1.29, 1.82) is 0 Å². The molecule has 29 heavy (non-hydrogen) atoms. The Kier molecular flexibility index (Phi) is 4.59. The van der Waals surface area contributed by atoms with Crippen LogP contribution in [0.15, 0.2) is 78.0 Å². The summed E-state index contributed by atoms with van der Waals surface area (Å²) in [5.41, 5.74) is 9.85. The van der Waals surface area contributed by atoms with Gasteiger partial charge in [0.15, 0.2) is 0 Å². The van der Waals surface area contributed by atoms with Crippen LogP contribution in [0, 0.1) is 0 Å². The van der Waals surface area contributed by atoms with Crippen LogP contribution < -0.4 is 5.73 Å². The maximum absolute atomic E-state index is 6.34. The van der Waals surface area contributed by atoms with Gasteiger partial charge in [-0.25, -0.2) is 9.97 Å². The van der Waals surface area contributed by atoms with Crippen molar-refractivity contribution in [1.82, 2.24) is 13.9 Å². The molecule has 0 atom stereocenters. The van der Waals surface area contributed by atoms with Gasteiger partial charge in [-0.1, -0.05) is 41.4 Å². The predicted octanol–water partition coefficient (Wildman–Crippen LogP) is 6.70. The average Bonchev–Trinajstić information content (AvgIpc) is 3.13. The van der Waals surface area contributed by atoms with Crippen LogP contribution >= 0.6 is 35.1 Å². The number of nitrogens with two attached hydrogens (primary N) is 1. The molecule has 0 aliphatic rings. The van der Waals surface area contributed by atoms with E-state index < -0.39 is 0 Å². The molecule has 2 heterocycles. The smallest absolute Gasteiger partial charge is 0.220 e. The Hall–Kier alpha value is -2.73. The van der Waals surface area contributed by atoms with Crippen molar-refractivity contribution in [3.05, 3.63) is 83.1 Å². The first kappa shape index (κ1) is 18.3. The summed E-state index contributed by atoms with van der Waals surface area (Å²) in [6, 6.07) is 20.0. The Morgan fingerprint density at radius 1 is 0.966 bits per heavy atom. The van der Waals surface area contributed by atoms with Gasteiger partial charge in [0.2, 0.25) is 5.95 Å². The number of nitrogens with zero attached hydrogens (tertiary/aromatic N) is 3. The highest BCUT2D eigenvalue weighted by molar-refractivity contribution is 7.98. The number of nitrogen functional groups attached to an aromatic ring is 1. The minimum Gasteiger partial charge on any atom is -0.368 e. The van der Waals surface area contributed by atoms with Gasteiger partial charge in [-0.05, 0) is 65.5 Å². The van der Waals surface area contributed by atoms with Crippen LogP contribution in [0.1, 0.15) is 0 Å². The first-order chi connectivity index (χ1) is 14.1. The standard InChI is InChI=1S/C22H14Cl2N4S/c23-15-5-6-18(24)21(11-15)29-28-9-8-17-16(2-1-3-20(17)28)13-4-7-19-14(10-13)12-26-22(25)27-19/h1-12H,(H2,25,26,27). The van der Waals surface area contributed by atoms with E-state index in [1.165, 1.54) is 11.9 Å². The highest BCUT2D eigenvalue weighted by atomic mass is 35.5. The Bertz CT molecular complexity index is 1380. The first-order valence-electron chi connectivity index (χ1n) is 8.84. The van der Waals surface area contributed by atoms with Crippen molar-refractivity contribution in [2.75, 3.05) is 5.73 Å². The summed E-state index contributed by atoms with van der Waals surface area (Å²) in [5.74, 6) is 0.279. The topological polar surface area (TPSA) is 56.7 Å². The molecule has 2 N–H and O–H groups in total. The Labute approximate surface area is 181 Å². The molecule has 0 amide bonds. The van der Waals surface area contributed by atoms with Gasteiger partial charge in [-0.2, -0.15) is 0 Å². The molecule has 5 aromatic rings. The number of benzene rings is 3. The zero-order valence-corrected chi connectivity index (χ0v) is 17.3. The van der Waals surface area contributed by atoms with E-state index in [4.69, 9.17) is 28.9 Å². The molecule has 0 bridgehead atoms. The summed E-state index contributed by atoms with van der Waals surface area (Å²) in [7, 11) is 0. The molecule has 3 aromatic carbocycles. The predicted molar refractivity (Wildman–Crippen MR) is 123 cm³/mol. The Morgan fingerprint density at radius 2 is 1.86 bits per heavy atom. The third kappa shape index (κ3) is 3.42. The number of anilines is 1. The van der Waals surface area contributed by atoms with Gasteiger partial charge >= 0.3 is 0 Å². The number of hydrogen-bond acceptors (Lipinski definition) is 4. The first-order valence-corrected chi connectivity index (χ1v) is 10.4. The van der Waals surface area contributed by atoms with Crippen LogP contribution in [0.5, 0.6) is 0 Å². The maximum atomic E-state index is 6.34. The summed E-state index contributed by atoms with van der Waals surface area (Å²) in [6.07, 6.45) is 3.80. The van der Waals surface area contributed by atoms with Crippen LogP contribution in [-0.2, 0) is 0 Å². The van der Waals surface area contributed by atoms with E-state index in [2.05, 4.69) is 50.3 Å². The summed E-state index contributed by atoms with van der Waals surface area (Å²) in [4.78, 5) is 9.29. The lowest BCUT2D eigenvalue weighted by Crippen LogP contribution is -1.94. The van der Waals surface area contributed by atoms with E-state index >= 15 is 0 Å². The van der Waals surface area contributed by atoms with E-state index in [0.717, 1.165) is 37.8 Å². The normalized spacial score (nSPS) is 11.4. The lowest BCUT2D eigenvalue weighted by molar-refractivity contribution is 1.24. The molecule has 142 valence electrons. The van der Waals surface area contributed by atoms with Crippen LogP contribution in [0.25, 0.3) is 32.9 Å². The second kappa shape index (κ2) is 7.26.